The number of carbonyl (C=O) groups excluding carboxylic acids is 1. The van der Waals surface area contributed by atoms with Crippen molar-refractivity contribution in [3.63, 3.8) is 0 Å². The quantitative estimate of drug-likeness (QED) is 0.513. The van der Waals surface area contributed by atoms with Crippen LogP contribution in [0.5, 0.6) is 0 Å². The Hall–Kier alpha value is -2.90. The van der Waals surface area contributed by atoms with Gasteiger partial charge in [-0.3, -0.25) is 9.80 Å². The number of hydrazine groups is 1. The van der Waals surface area contributed by atoms with Crippen LogP contribution in [0, 0.1) is 6.92 Å². The van der Waals surface area contributed by atoms with Crippen molar-refractivity contribution in [2.75, 3.05) is 0 Å². The molecule has 0 aliphatic carbocycles. The SMILES string of the molecule is Cc1ccc(S(=O)(=O)N2C(=O)[C@H](c3ccccc3)[C@H]3c4cccc(Br)c4C=CN32)cc1. The molecule has 0 spiro atoms. The molecular weight excluding hydrogens is 476 g/mol. The van der Waals surface area contributed by atoms with Crippen LogP contribution in [-0.4, -0.2) is 23.7 Å². The molecule has 156 valence electrons. The van der Waals surface area contributed by atoms with Crippen molar-refractivity contribution in [3.05, 3.63) is 106 Å². The van der Waals surface area contributed by atoms with Crippen molar-refractivity contribution in [3.8, 4) is 0 Å². The maximum absolute atomic E-state index is 13.7. The van der Waals surface area contributed by atoms with Crippen LogP contribution in [0.15, 0.2) is 88.4 Å². The molecule has 2 aliphatic rings. The molecular formula is C24H19BrN2O3S. The number of rotatable bonds is 3. The first-order valence-electron chi connectivity index (χ1n) is 9.85. The first kappa shape index (κ1) is 20.0. The third-order valence-corrected chi connectivity index (χ3v) is 8.15. The molecule has 0 aromatic heterocycles. The molecule has 0 N–H and O–H groups in total. The Bertz CT molecular complexity index is 1300. The van der Waals surface area contributed by atoms with Crippen molar-refractivity contribution in [2.45, 2.75) is 23.8 Å². The topological polar surface area (TPSA) is 57.7 Å². The van der Waals surface area contributed by atoms with Crippen LogP contribution in [0.3, 0.4) is 0 Å². The first-order chi connectivity index (χ1) is 14.9. The standard InChI is InChI=1S/C24H19BrN2O3S/c1-16-10-12-18(13-11-16)31(29,30)27-24(28)22(17-6-3-2-4-7-17)23-20-8-5-9-21(25)19(20)14-15-26(23)27/h2-15,22-23H,1H3/t22-,23-/m1/s1. The van der Waals surface area contributed by atoms with Crippen LogP contribution < -0.4 is 0 Å². The van der Waals surface area contributed by atoms with Crippen molar-refractivity contribution in [2.24, 2.45) is 0 Å². The summed E-state index contributed by atoms with van der Waals surface area (Å²) >= 11 is 3.58. The Kier molecular flexibility index (Phi) is 4.75. The molecule has 3 aromatic rings. The Labute approximate surface area is 189 Å². The van der Waals surface area contributed by atoms with E-state index in [0.717, 1.165) is 31.1 Å². The van der Waals surface area contributed by atoms with Gasteiger partial charge in [-0.25, -0.2) is 0 Å². The number of carbonyl (C=O) groups is 1. The summed E-state index contributed by atoms with van der Waals surface area (Å²) in [6.07, 6.45) is 3.53. The van der Waals surface area contributed by atoms with Crippen LogP contribution in [0.1, 0.15) is 34.2 Å². The minimum absolute atomic E-state index is 0.0901. The first-order valence-corrected chi connectivity index (χ1v) is 12.1. The van der Waals surface area contributed by atoms with Crippen LogP contribution in [0.2, 0.25) is 0 Å². The van der Waals surface area contributed by atoms with E-state index in [1.165, 1.54) is 0 Å². The van der Waals surface area contributed by atoms with Gasteiger partial charge >= 0.3 is 0 Å². The van der Waals surface area contributed by atoms with E-state index >= 15 is 0 Å². The number of nitrogens with zero attached hydrogens (tertiary/aromatic N) is 2. The Morgan fingerprint density at radius 3 is 2.32 bits per heavy atom. The van der Waals surface area contributed by atoms with E-state index in [-0.39, 0.29) is 4.90 Å². The number of benzene rings is 3. The van der Waals surface area contributed by atoms with E-state index in [1.807, 2.05) is 61.5 Å². The van der Waals surface area contributed by atoms with Crippen LogP contribution in [-0.2, 0) is 14.8 Å². The molecule has 0 bridgehead atoms. The lowest BCUT2D eigenvalue weighted by Gasteiger charge is -2.34. The number of halogens is 1. The van der Waals surface area contributed by atoms with Gasteiger partial charge < -0.3 is 0 Å². The smallest absolute Gasteiger partial charge is 0.271 e. The summed E-state index contributed by atoms with van der Waals surface area (Å²) < 4.78 is 29.0. The zero-order valence-corrected chi connectivity index (χ0v) is 19.0. The molecule has 1 amide bonds. The number of sulfonamides is 1. The predicted molar refractivity (Wildman–Crippen MR) is 122 cm³/mol. The number of hydrogen-bond acceptors (Lipinski definition) is 4. The fourth-order valence-electron chi connectivity index (χ4n) is 4.29. The maximum Gasteiger partial charge on any atom is 0.284 e. The molecule has 7 heteroatoms. The van der Waals surface area contributed by atoms with E-state index in [1.54, 1.807) is 35.5 Å². The van der Waals surface area contributed by atoms with Gasteiger partial charge in [0, 0.05) is 10.7 Å². The molecule has 31 heavy (non-hydrogen) atoms. The van der Waals surface area contributed by atoms with Gasteiger partial charge in [-0.1, -0.05) is 76.1 Å². The number of fused-ring (bicyclic) bond motifs is 3. The number of hydrogen-bond donors (Lipinski definition) is 0. The van der Waals surface area contributed by atoms with E-state index in [9.17, 15) is 13.2 Å². The summed E-state index contributed by atoms with van der Waals surface area (Å²) in [5, 5.41) is 1.56. The molecule has 0 radical (unpaired) electrons. The van der Waals surface area contributed by atoms with Gasteiger partial charge in [0.05, 0.1) is 16.9 Å². The molecule has 1 saturated heterocycles. The summed E-state index contributed by atoms with van der Waals surface area (Å²) in [6, 6.07) is 21.2. The van der Waals surface area contributed by atoms with Gasteiger partial charge in [0.25, 0.3) is 15.9 Å². The summed E-state index contributed by atoms with van der Waals surface area (Å²) in [7, 11) is -4.08. The molecule has 1 fully saturated rings. The normalized spacial score (nSPS) is 20.0. The third-order valence-electron chi connectivity index (χ3n) is 5.77. The fourth-order valence-corrected chi connectivity index (χ4v) is 6.23. The molecule has 2 heterocycles. The monoisotopic (exact) mass is 494 g/mol. The van der Waals surface area contributed by atoms with Crippen LogP contribution >= 0.6 is 15.9 Å². The van der Waals surface area contributed by atoms with Crippen molar-refractivity contribution in [1.82, 2.24) is 9.42 Å². The zero-order valence-electron chi connectivity index (χ0n) is 16.6. The van der Waals surface area contributed by atoms with Crippen molar-refractivity contribution in [1.29, 1.82) is 0 Å². The van der Waals surface area contributed by atoms with Gasteiger partial charge in [0.15, 0.2) is 0 Å². The van der Waals surface area contributed by atoms with E-state index in [0.29, 0.717) is 0 Å². The van der Waals surface area contributed by atoms with Crippen molar-refractivity contribution >= 4 is 37.9 Å². The number of aryl methyl sites for hydroxylation is 1. The fraction of sp³-hybridized carbons (Fsp3) is 0.125. The summed E-state index contributed by atoms with van der Waals surface area (Å²) in [6.45, 7) is 1.89. The second-order valence-electron chi connectivity index (χ2n) is 7.67. The van der Waals surface area contributed by atoms with Gasteiger partial charge in [0.1, 0.15) is 0 Å². The van der Waals surface area contributed by atoms with E-state index in [2.05, 4.69) is 15.9 Å². The number of amides is 1. The van der Waals surface area contributed by atoms with E-state index in [4.69, 9.17) is 0 Å². The lowest BCUT2D eigenvalue weighted by Crippen LogP contribution is -2.42. The molecule has 5 nitrogen and oxygen atoms in total. The summed E-state index contributed by atoms with van der Waals surface area (Å²) in [5.74, 6) is -1.12. The van der Waals surface area contributed by atoms with Crippen LogP contribution in [0.4, 0.5) is 0 Å². The van der Waals surface area contributed by atoms with Gasteiger partial charge in [0.2, 0.25) is 0 Å². The predicted octanol–water partition coefficient (Wildman–Crippen LogP) is 5.01. The molecule has 0 unspecified atom stereocenters. The lowest BCUT2D eigenvalue weighted by atomic mass is 9.84. The highest BCUT2D eigenvalue weighted by atomic mass is 79.9. The molecule has 2 atom stereocenters. The lowest BCUT2D eigenvalue weighted by molar-refractivity contribution is -0.128. The second-order valence-corrected chi connectivity index (χ2v) is 10.3. The highest BCUT2D eigenvalue weighted by molar-refractivity contribution is 9.10. The minimum Gasteiger partial charge on any atom is -0.271 e. The highest BCUT2D eigenvalue weighted by Gasteiger charge is 2.53. The highest BCUT2D eigenvalue weighted by Crippen LogP contribution is 2.50. The Morgan fingerprint density at radius 2 is 1.61 bits per heavy atom. The Balaban J connectivity index is 1.70. The zero-order chi connectivity index (χ0) is 21.8. The maximum atomic E-state index is 13.7. The van der Waals surface area contributed by atoms with Crippen molar-refractivity contribution < 1.29 is 13.2 Å². The van der Waals surface area contributed by atoms with E-state index < -0.39 is 27.9 Å². The van der Waals surface area contributed by atoms with Gasteiger partial charge in [-0.05, 0) is 47.9 Å². The minimum atomic E-state index is -4.08. The van der Waals surface area contributed by atoms with Gasteiger partial charge in [-0.15, -0.1) is 4.41 Å². The molecule has 3 aromatic carbocycles. The summed E-state index contributed by atoms with van der Waals surface area (Å²) in [4.78, 5) is 13.8. The molecule has 5 rings (SSSR count). The van der Waals surface area contributed by atoms with Gasteiger partial charge in [-0.2, -0.15) is 8.42 Å². The molecule has 0 saturated carbocycles. The second kappa shape index (κ2) is 7.35. The average molecular weight is 495 g/mol. The molecule has 2 aliphatic heterocycles. The summed E-state index contributed by atoms with van der Waals surface area (Å²) in [5.41, 5.74) is 3.58. The largest absolute Gasteiger partial charge is 0.284 e. The third kappa shape index (κ3) is 3.11. The van der Waals surface area contributed by atoms with Crippen LogP contribution in [0.25, 0.3) is 6.08 Å². The average Bonchev–Trinajstić information content (AvgIpc) is 3.08. The Morgan fingerprint density at radius 1 is 0.903 bits per heavy atom.